The number of nitrogens with zero attached hydrogens (tertiary/aromatic N) is 1. The maximum Gasteiger partial charge on any atom is 0.226 e. The van der Waals surface area contributed by atoms with Crippen molar-refractivity contribution in [2.45, 2.75) is 0 Å². The summed E-state index contributed by atoms with van der Waals surface area (Å²) < 4.78 is 22.1. The molecule has 0 aliphatic carbocycles. The Kier molecular flexibility index (Phi) is 2.39. The molecule has 0 saturated heterocycles. The predicted octanol–water partition coefficient (Wildman–Crippen LogP) is -1.21. The van der Waals surface area contributed by atoms with Gasteiger partial charge in [-0.25, -0.2) is 12.7 Å². The number of sulfonamides is 1. The first kappa shape index (κ1) is 7.87. The van der Waals surface area contributed by atoms with E-state index in [1.807, 2.05) is 0 Å². The molecule has 0 aliphatic heterocycles. The first-order valence-electron chi connectivity index (χ1n) is 2.11. The molecule has 0 fully saturated rings. The highest BCUT2D eigenvalue weighted by atomic mass is 32.2. The molecule has 0 aromatic carbocycles. The van der Waals surface area contributed by atoms with Crippen LogP contribution < -0.4 is 5.73 Å². The van der Waals surface area contributed by atoms with Crippen LogP contribution in [-0.2, 0) is 10.0 Å². The van der Waals surface area contributed by atoms with Crippen molar-refractivity contribution in [2.24, 2.45) is 5.73 Å². The molecule has 2 N–H and O–H groups in total. The molecule has 0 atom stereocenters. The summed E-state index contributed by atoms with van der Waals surface area (Å²) in [6.07, 6.45) is 0. The normalized spacial score (nSPS) is 12.5. The Morgan fingerprint density at radius 2 is 1.88 bits per heavy atom. The van der Waals surface area contributed by atoms with Gasteiger partial charge in [0, 0.05) is 14.1 Å². The molecule has 0 saturated carbocycles. The van der Waals surface area contributed by atoms with Crippen LogP contribution in [0.1, 0.15) is 0 Å². The summed E-state index contributed by atoms with van der Waals surface area (Å²) in [5, 5.41) is 0. The second kappa shape index (κ2) is 2.43. The number of nitrogens with two attached hydrogens (primary N) is 1. The van der Waals surface area contributed by atoms with E-state index in [9.17, 15) is 8.42 Å². The molecule has 0 heterocycles. The van der Waals surface area contributed by atoms with E-state index in [0.717, 1.165) is 4.31 Å². The van der Waals surface area contributed by atoms with Gasteiger partial charge in [0.2, 0.25) is 10.0 Å². The minimum atomic E-state index is -3.13. The summed E-state index contributed by atoms with van der Waals surface area (Å²) >= 11 is 0. The first-order valence-corrected chi connectivity index (χ1v) is 3.72. The van der Waals surface area contributed by atoms with Crippen molar-refractivity contribution < 1.29 is 8.42 Å². The van der Waals surface area contributed by atoms with Gasteiger partial charge in [0.05, 0.1) is 0 Å². The van der Waals surface area contributed by atoms with Gasteiger partial charge >= 0.3 is 0 Å². The Morgan fingerprint density at radius 3 is 1.88 bits per heavy atom. The van der Waals surface area contributed by atoms with Gasteiger partial charge in [0.1, 0.15) is 5.88 Å². The maximum atomic E-state index is 10.5. The van der Waals surface area contributed by atoms with Crippen molar-refractivity contribution in [2.75, 3.05) is 20.0 Å². The average Bonchev–Trinajstić information content (AvgIpc) is 1.67. The summed E-state index contributed by atoms with van der Waals surface area (Å²) in [6, 6.07) is 0. The molecule has 0 amide bonds. The Balaban J connectivity index is 4.17. The third-order valence-corrected chi connectivity index (χ3v) is 2.30. The van der Waals surface area contributed by atoms with Gasteiger partial charge in [-0.3, -0.25) is 0 Å². The molecule has 0 aromatic heterocycles. The highest BCUT2D eigenvalue weighted by Gasteiger charge is 2.08. The van der Waals surface area contributed by atoms with Crippen LogP contribution in [0, 0.1) is 0 Å². The van der Waals surface area contributed by atoms with Crippen LogP contribution in [-0.4, -0.2) is 32.7 Å². The standard InChI is InChI=1S/C3H10N2O2S/c1-5(2)8(6,7)3-4/h3-4H2,1-2H3. The van der Waals surface area contributed by atoms with Gasteiger partial charge in [0.25, 0.3) is 0 Å². The van der Waals surface area contributed by atoms with Gasteiger partial charge in [-0.1, -0.05) is 0 Å². The third kappa shape index (κ3) is 1.77. The monoisotopic (exact) mass is 138 g/mol. The van der Waals surface area contributed by atoms with Crippen LogP contribution in [0.4, 0.5) is 0 Å². The van der Waals surface area contributed by atoms with Crippen molar-refractivity contribution in [3.8, 4) is 0 Å². The Labute approximate surface area is 49.3 Å². The molecule has 4 nitrogen and oxygen atoms in total. The molecule has 0 radical (unpaired) electrons. The zero-order valence-corrected chi connectivity index (χ0v) is 5.77. The van der Waals surface area contributed by atoms with Gasteiger partial charge in [-0.2, -0.15) is 0 Å². The largest absolute Gasteiger partial charge is 0.317 e. The highest BCUT2D eigenvalue weighted by molar-refractivity contribution is 7.88. The molecule has 0 spiro atoms. The van der Waals surface area contributed by atoms with Crippen molar-refractivity contribution in [1.82, 2.24) is 4.31 Å². The van der Waals surface area contributed by atoms with Crippen LogP contribution in [0.25, 0.3) is 0 Å². The van der Waals surface area contributed by atoms with E-state index in [1.54, 1.807) is 0 Å². The topological polar surface area (TPSA) is 63.4 Å². The van der Waals surface area contributed by atoms with Crippen LogP contribution in [0.5, 0.6) is 0 Å². The van der Waals surface area contributed by atoms with Gasteiger partial charge < -0.3 is 5.73 Å². The number of rotatable bonds is 2. The van der Waals surface area contributed by atoms with Gasteiger partial charge in [0.15, 0.2) is 0 Å². The molecule has 0 rings (SSSR count). The lowest BCUT2D eigenvalue weighted by atomic mass is 11.3. The van der Waals surface area contributed by atoms with Crippen LogP contribution >= 0.6 is 0 Å². The smallest absolute Gasteiger partial charge is 0.226 e. The molecule has 0 aromatic rings. The Morgan fingerprint density at radius 1 is 1.50 bits per heavy atom. The lowest BCUT2D eigenvalue weighted by molar-refractivity contribution is 0.521. The SMILES string of the molecule is CN(C)S(=O)(=O)CN. The molecule has 0 bridgehead atoms. The maximum absolute atomic E-state index is 10.5. The molecule has 0 aliphatic rings. The fraction of sp³-hybridized carbons (Fsp3) is 1.00. The molecular formula is C3H10N2O2S. The summed E-state index contributed by atoms with van der Waals surface area (Å²) in [6.45, 7) is 0. The Hall–Kier alpha value is -0.130. The van der Waals surface area contributed by atoms with E-state index in [1.165, 1.54) is 14.1 Å². The Bertz CT molecular complexity index is 149. The summed E-state index contributed by atoms with van der Waals surface area (Å²) in [5.74, 6) is -0.319. The van der Waals surface area contributed by atoms with E-state index in [4.69, 9.17) is 5.73 Å². The highest BCUT2D eigenvalue weighted by Crippen LogP contribution is 1.86. The number of hydrogen-bond donors (Lipinski definition) is 1. The fourth-order valence-corrected chi connectivity index (χ4v) is 0.447. The second-order valence-corrected chi connectivity index (χ2v) is 3.79. The lowest BCUT2D eigenvalue weighted by Gasteiger charge is -2.06. The minimum absolute atomic E-state index is 0.319. The molecular weight excluding hydrogens is 128 g/mol. The van der Waals surface area contributed by atoms with Crippen molar-refractivity contribution in [3.63, 3.8) is 0 Å². The molecule has 50 valence electrons. The summed E-state index contributed by atoms with van der Waals surface area (Å²) in [7, 11) is -0.232. The van der Waals surface area contributed by atoms with E-state index in [-0.39, 0.29) is 5.88 Å². The lowest BCUT2D eigenvalue weighted by Crippen LogP contribution is -2.28. The van der Waals surface area contributed by atoms with Crippen LogP contribution in [0.3, 0.4) is 0 Å². The van der Waals surface area contributed by atoms with Gasteiger partial charge in [-0.15, -0.1) is 0 Å². The van der Waals surface area contributed by atoms with E-state index < -0.39 is 10.0 Å². The third-order valence-electron chi connectivity index (χ3n) is 0.767. The van der Waals surface area contributed by atoms with Crippen molar-refractivity contribution in [1.29, 1.82) is 0 Å². The summed E-state index contributed by atoms with van der Waals surface area (Å²) in [4.78, 5) is 0. The zero-order valence-electron chi connectivity index (χ0n) is 4.96. The fourth-order valence-electron chi connectivity index (χ4n) is 0.149. The van der Waals surface area contributed by atoms with E-state index in [0.29, 0.717) is 0 Å². The van der Waals surface area contributed by atoms with Crippen LogP contribution in [0.2, 0.25) is 0 Å². The molecule has 0 unspecified atom stereocenters. The van der Waals surface area contributed by atoms with Crippen molar-refractivity contribution >= 4 is 10.0 Å². The predicted molar refractivity (Wildman–Crippen MR) is 31.7 cm³/mol. The second-order valence-electron chi connectivity index (χ2n) is 1.56. The number of hydrogen-bond acceptors (Lipinski definition) is 3. The van der Waals surface area contributed by atoms with Gasteiger partial charge in [-0.05, 0) is 0 Å². The zero-order chi connectivity index (χ0) is 6.78. The minimum Gasteiger partial charge on any atom is -0.317 e. The van der Waals surface area contributed by atoms with E-state index in [2.05, 4.69) is 0 Å². The quantitative estimate of drug-likeness (QED) is 0.521. The van der Waals surface area contributed by atoms with E-state index >= 15 is 0 Å². The summed E-state index contributed by atoms with van der Waals surface area (Å²) in [5.41, 5.74) is 4.88. The average molecular weight is 138 g/mol. The van der Waals surface area contributed by atoms with Crippen LogP contribution in [0.15, 0.2) is 0 Å². The van der Waals surface area contributed by atoms with Crippen molar-refractivity contribution in [3.05, 3.63) is 0 Å². The first-order chi connectivity index (χ1) is 3.50. The molecule has 8 heavy (non-hydrogen) atoms. The molecule has 5 heteroatoms.